The van der Waals surface area contributed by atoms with Gasteiger partial charge in [0, 0.05) is 10.5 Å². The molecule has 1 aliphatic heterocycles. The molecule has 25 heavy (non-hydrogen) atoms. The fourth-order valence-electron chi connectivity index (χ4n) is 2.72. The third-order valence-electron chi connectivity index (χ3n) is 3.86. The summed E-state index contributed by atoms with van der Waals surface area (Å²) in [5.41, 5.74) is 0.716. The van der Waals surface area contributed by atoms with Gasteiger partial charge in [0.2, 0.25) is 0 Å². The number of aromatic nitrogens is 2. The number of anilines is 1. The third kappa shape index (κ3) is 4.60. The Balaban J connectivity index is 1.64. The smallest absolute Gasteiger partial charge is 0.263 e. The number of hydrogen-bond donors (Lipinski definition) is 1. The Morgan fingerprint density at radius 3 is 2.76 bits per heavy atom. The molecule has 3 rings (SSSR count). The summed E-state index contributed by atoms with van der Waals surface area (Å²) in [6.07, 6.45) is 0.502. The normalized spacial score (nSPS) is 18.9. The van der Waals surface area contributed by atoms with Gasteiger partial charge in [-0.3, -0.25) is 4.79 Å². The van der Waals surface area contributed by atoms with Crippen LogP contribution in [0.15, 0.2) is 34.8 Å². The second-order valence-electron chi connectivity index (χ2n) is 5.96. The molecule has 1 aromatic carbocycles. The van der Waals surface area contributed by atoms with Crippen LogP contribution in [0.25, 0.3) is 0 Å². The van der Waals surface area contributed by atoms with E-state index in [-0.39, 0.29) is 30.1 Å². The Morgan fingerprint density at radius 1 is 1.40 bits per heavy atom. The van der Waals surface area contributed by atoms with Crippen LogP contribution in [-0.4, -0.2) is 42.2 Å². The van der Waals surface area contributed by atoms with Crippen LogP contribution in [0, 0.1) is 6.92 Å². The molecule has 1 fully saturated rings. The van der Waals surface area contributed by atoms with Crippen molar-refractivity contribution in [2.75, 3.05) is 23.4 Å². The summed E-state index contributed by atoms with van der Waals surface area (Å²) in [4.78, 5) is 12.2. The van der Waals surface area contributed by atoms with Gasteiger partial charge in [0.05, 0.1) is 23.2 Å². The largest absolute Gasteiger partial charge is 0.484 e. The van der Waals surface area contributed by atoms with Gasteiger partial charge in [0.1, 0.15) is 11.6 Å². The highest BCUT2D eigenvalue weighted by molar-refractivity contribution is 9.10. The number of nitrogens with zero attached hydrogens (tertiary/aromatic N) is 2. The number of benzene rings is 1. The molecule has 0 radical (unpaired) electrons. The summed E-state index contributed by atoms with van der Waals surface area (Å²) < 4.78 is 31.3. The van der Waals surface area contributed by atoms with E-state index in [1.54, 1.807) is 29.8 Å². The van der Waals surface area contributed by atoms with Gasteiger partial charge in [-0.1, -0.05) is 15.9 Å². The monoisotopic (exact) mass is 427 g/mol. The van der Waals surface area contributed by atoms with E-state index in [0.29, 0.717) is 23.7 Å². The zero-order valence-electron chi connectivity index (χ0n) is 13.6. The predicted molar refractivity (Wildman–Crippen MR) is 97.5 cm³/mol. The van der Waals surface area contributed by atoms with Crippen molar-refractivity contribution in [1.29, 1.82) is 0 Å². The van der Waals surface area contributed by atoms with Crippen molar-refractivity contribution in [2.24, 2.45) is 0 Å². The minimum Gasteiger partial charge on any atom is -0.484 e. The molecule has 9 heteroatoms. The molecule has 2 heterocycles. The number of hydrogen-bond acceptors (Lipinski definition) is 5. The molecule has 1 saturated heterocycles. The highest BCUT2D eigenvalue weighted by Crippen LogP contribution is 2.27. The van der Waals surface area contributed by atoms with Crippen LogP contribution in [0.5, 0.6) is 5.75 Å². The van der Waals surface area contributed by atoms with Crippen LogP contribution in [-0.2, 0) is 14.6 Å². The number of carbonyl (C=O) groups is 1. The van der Waals surface area contributed by atoms with E-state index in [0.717, 1.165) is 4.47 Å². The molecule has 7 nitrogen and oxygen atoms in total. The number of ether oxygens (including phenoxy) is 1. The highest BCUT2D eigenvalue weighted by Gasteiger charge is 2.31. The fraction of sp³-hybridized carbons (Fsp3) is 0.375. The zero-order chi connectivity index (χ0) is 18.0. The third-order valence-corrected chi connectivity index (χ3v) is 6.14. The standard InChI is InChI=1S/C16H18BrN3O4S/c1-11-8-15(20(19-11)13-6-7-25(22,23)10-13)18-16(21)9-24-14-4-2-12(17)3-5-14/h2-5,8,13H,6-7,9-10H2,1H3,(H,18,21). The van der Waals surface area contributed by atoms with E-state index >= 15 is 0 Å². The Hall–Kier alpha value is -1.87. The second kappa shape index (κ2) is 7.17. The molecule has 1 amide bonds. The molecule has 1 unspecified atom stereocenters. The van der Waals surface area contributed by atoms with Gasteiger partial charge in [0.15, 0.2) is 16.4 Å². The lowest BCUT2D eigenvalue weighted by molar-refractivity contribution is -0.118. The summed E-state index contributed by atoms with van der Waals surface area (Å²) in [7, 11) is -3.03. The number of nitrogens with one attached hydrogen (secondary N) is 1. The molecular weight excluding hydrogens is 410 g/mol. The van der Waals surface area contributed by atoms with Crippen LogP contribution in [0.2, 0.25) is 0 Å². The summed E-state index contributed by atoms with van der Waals surface area (Å²) in [6, 6.07) is 8.65. The molecule has 1 aromatic heterocycles. The molecule has 1 aliphatic rings. The molecule has 0 spiro atoms. The maximum Gasteiger partial charge on any atom is 0.263 e. The molecule has 0 bridgehead atoms. The van der Waals surface area contributed by atoms with Crippen LogP contribution in [0.4, 0.5) is 5.82 Å². The number of amides is 1. The van der Waals surface area contributed by atoms with E-state index in [4.69, 9.17) is 4.74 Å². The van der Waals surface area contributed by atoms with Gasteiger partial charge in [-0.05, 0) is 37.6 Å². The van der Waals surface area contributed by atoms with Crippen molar-refractivity contribution in [3.05, 3.63) is 40.5 Å². The molecular formula is C16H18BrN3O4S. The number of aryl methyl sites for hydroxylation is 1. The van der Waals surface area contributed by atoms with Crippen molar-refractivity contribution in [1.82, 2.24) is 9.78 Å². The average molecular weight is 428 g/mol. The minimum atomic E-state index is -3.03. The van der Waals surface area contributed by atoms with E-state index in [9.17, 15) is 13.2 Å². The van der Waals surface area contributed by atoms with Crippen molar-refractivity contribution >= 4 is 37.5 Å². The van der Waals surface area contributed by atoms with Gasteiger partial charge in [-0.2, -0.15) is 5.10 Å². The topological polar surface area (TPSA) is 90.3 Å². The summed E-state index contributed by atoms with van der Waals surface area (Å²) in [5.74, 6) is 0.946. The van der Waals surface area contributed by atoms with Crippen molar-refractivity contribution in [2.45, 2.75) is 19.4 Å². The van der Waals surface area contributed by atoms with Crippen LogP contribution in [0.3, 0.4) is 0 Å². The lowest BCUT2D eigenvalue weighted by atomic mass is 10.3. The maximum absolute atomic E-state index is 12.2. The number of halogens is 1. The quantitative estimate of drug-likeness (QED) is 0.790. The Labute approximate surface area is 154 Å². The van der Waals surface area contributed by atoms with E-state index in [1.807, 2.05) is 12.1 Å². The van der Waals surface area contributed by atoms with Crippen molar-refractivity contribution < 1.29 is 17.9 Å². The Kier molecular flexibility index (Phi) is 5.14. The average Bonchev–Trinajstić information content (AvgIpc) is 3.08. The van der Waals surface area contributed by atoms with E-state index in [1.165, 1.54) is 0 Å². The number of sulfone groups is 1. The Bertz CT molecular complexity index is 877. The van der Waals surface area contributed by atoms with Gasteiger partial charge in [-0.15, -0.1) is 0 Å². The van der Waals surface area contributed by atoms with E-state index < -0.39 is 9.84 Å². The summed E-state index contributed by atoms with van der Waals surface area (Å²) in [5, 5.41) is 7.08. The van der Waals surface area contributed by atoms with E-state index in [2.05, 4.69) is 26.3 Å². The summed E-state index contributed by atoms with van der Waals surface area (Å²) in [6.45, 7) is 1.66. The first-order chi connectivity index (χ1) is 11.8. The first-order valence-electron chi connectivity index (χ1n) is 7.77. The van der Waals surface area contributed by atoms with Gasteiger partial charge in [-0.25, -0.2) is 13.1 Å². The van der Waals surface area contributed by atoms with Gasteiger partial charge in [0.25, 0.3) is 5.91 Å². The molecule has 0 saturated carbocycles. The maximum atomic E-state index is 12.2. The zero-order valence-corrected chi connectivity index (χ0v) is 16.0. The molecule has 1 atom stereocenters. The fourth-order valence-corrected chi connectivity index (χ4v) is 4.67. The van der Waals surface area contributed by atoms with Gasteiger partial charge < -0.3 is 10.1 Å². The Morgan fingerprint density at radius 2 is 2.12 bits per heavy atom. The molecule has 134 valence electrons. The molecule has 0 aliphatic carbocycles. The van der Waals surface area contributed by atoms with Crippen molar-refractivity contribution in [3.63, 3.8) is 0 Å². The molecule has 2 aromatic rings. The summed E-state index contributed by atoms with van der Waals surface area (Å²) >= 11 is 3.33. The van der Waals surface area contributed by atoms with Crippen molar-refractivity contribution in [3.8, 4) is 5.75 Å². The lowest BCUT2D eigenvalue weighted by Crippen LogP contribution is -2.23. The van der Waals surface area contributed by atoms with Crippen LogP contribution < -0.4 is 10.1 Å². The number of rotatable bonds is 5. The highest BCUT2D eigenvalue weighted by atomic mass is 79.9. The lowest BCUT2D eigenvalue weighted by Gasteiger charge is -2.14. The first-order valence-corrected chi connectivity index (χ1v) is 10.4. The van der Waals surface area contributed by atoms with Crippen LogP contribution >= 0.6 is 15.9 Å². The predicted octanol–water partition coefficient (Wildman–Crippen LogP) is 2.33. The minimum absolute atomic E-state index is 0.0480. The number of carbonyl (C=O) groups excluding carboxylic acids is 1. The SMILES string of the molecule is Cc1cc(NC(=O)COc2ccc(Br)cc2)n(C2CCS(=O)(=O)C2)n1. The van der Waals surface area contributed by atoms with Gasteiger partial charge >= 0.3 is 0 Å². The van der Waals surface area contributed by atoms with Crippen LogP contribution in [0.1, 0.15) is 18.2 Å². The first kappa shape index (κ1) is 17.9. The second-order valence-corrected chi connectivity index (χ2v) is 9.11. The molecule has 1 N–H and O–H groups in total.